The van der Waals surface area contributed by atoms with Crippen molar-refractivity contribution in [1.82, 2.24) is 14.9 Å². The Kier molecular flexibility index (Phi) is 4.83. The Labute approximate surface area is 133 Å². The SMILES string of the molecule is COc1ccc(C(C)=O)cc1CSc1nnc(C(F)(F)F)n1N. The Morgan fingerprint density at radius 3 is 2.61 bits per heavy atom. The molecule has 0 amide bonds. The van der Waals surface area contributed by atoms with Gasteiger partial charge in [0.05, 0.1) is 7.11 Å². The number of aromatic nitrogens is 3. The number of nitrogens with two attached hydrogens (primary N) is 1. The first-order valence-corrected chi connectivity index (χ1v) is 7.31. The van der Waals surface area contributed by atoms with E-state index >= 15 is 0 Å². The monoisotopic (exact) mass is 346 g/mol. The highest BCUT2D eigenvalue weighted by Gasteiger charge is 2.38. The molecule has 10 heteroatoms. The third-order valence-corrected chi connectivity index (χ3v) is 3.95. The number of rotatable bonds is 5. The largest absolute Gasteiger partial charge is 0.496 e. The number of nitrogens with zero attached hydrogens (tertiary/aromatic N) is 3. The molecule has 2 N–H and O–H groups in total. The number of methoxy groups -OCH3 is 1. The van der Waals surface area contributed by atoms with E-state index in [0.717, 1.165) is 11.8 Å². The lowest BCUT2D eigenvalue weighted by Gasteiger charge is -2.10. The van der Waals surface area contributed by atoms with Crippen LogP contribution in [0.5, 0.6) is 5.75 Å². The molecule has 1 aromatic heterocycles. The summed E-state index contributed by atoms with van der Waals surface area (Å²) in [5, 5.41) is 6.39. The maximum atomic E-state index is 12.6. The van der Waals surface area contributed by atoms with Crippen LogP contribution < -0.4 is 10.6 Å². The van der Waals surface area contributed by atoms with Crippen LogP contribution in [0.15, 0.2) is 23.4 Å². The van der Waals surface area contributed by atoms with Gasteiger partial charge in [-0.1, -0.05) is 11.8 Å². The van der Waals surface area contributed by atoms with Crippen LogP contribution in [-0.4, -0.2) is 27.8 Å². The number of alkyl halides is 3. The first-order chi connectivity index (χ1) is 10.7. The number of ketones is 1. The molecule has 1 heterocycles. The second-order valence-electron chi connectivity index (χ2n) is 4.55. The van der Waals surface area contributed by atoms with Gasteiger partial charge in [0.15, 0.2) is 5.78 Å². The Balaban J connectivity index is 2.23. The normalized spacial score (nSPS) is 11.5. The van der Waals surface area contributed by atoms with E-state index in [-0.39, 0.29) is 16.7 Å². The average Bonchev–Trinajstić information content (AvgIpc) is 2.85. The van der Waals surface area contributed by atoms with Gasteiger partial charge in [-0.05, 0) is 25.1 Å². The second kappa shape index (κ2) is 6.49. The molecule has 0 saturated heterocycles. The van der Waals surface area contributed by atoms with Crippen LogP contribution in [-0.2, 0) is 11.9 Å². The summed E-state index contributed by atoms with van der Waals surface area (Å²) < 4.78 is 43.4. The lowest BCUT2D eigenvalue weighted by Crippen LogP contribution is -2.21. The molecule has 0 aliphatic carbocycles. The fourth-order valence-electron chi connectivity index (χ4n) is 1.82. The molecular formula is C13H13F3N4O2S. The number of Topliss-reactive ketones (excluding diaryl/α,β-unsaturated/α-hetero) is 1. The quantitative estimate of drug-likeness (QED) is 0.509. The van der Waals surface area contributed by atoms with Gasteiger partial charge in [-0.3, -0.25) is 4.79 Å². The molecule has 1 aromatic carbocycles. The molecule has 0 spiro atoms. The first-order valence-electron chi connectivity index (χ1n) is 6.32. The van der Waals surface area contributed by atoms with Crippen molar-refractivity contribution in [2.45, 2.75) is 24.0 Å². The van der Waals surface area contributed by atoms with Gasteiger partial charge >= 0.3 is 6.18 Å². The molecule has 0 aliphatic heterocycles. The van der Waals surface area contributed by atoms with Crippen molar-refractivity contribution in [1.29, 1.82) is 0 Å². The highest BCUT2D eigenvalue weighted by molar-refractivity contribution is 7.98. The van der Waals surface area contributed by atoms with Gasteiger partial charge in [-0.2, -0.15) is 13.2 Å². The summed E-state index contributed by atoms with van der Waals surface area (Å²) in [7, 11) is 1.46. The van der Waals surface area contributed by atoms with Gasteiger partial charge in [0, 0.05) is 16.9 Å². The zero-order valence-electron chi connectivity index (χ0n) is 12.2. The summed E-state index contributed by atoms with van der Waals surface area (Å²) in [6.45, 7) is 1.42. The second-order valence-corrected chi connectivity index (χ2v) is 5.49. The molecule has 0 radical (unpaired) electrons. The third kappa shape index (κ3) is 3.76. The molecule has 2 aromatic rings. The standard InChI is InChI=1S/C13H13F3N4O2S/c1-7(21)8-3-4-10(22-2)9(5-8)6-23-12-19-18-11(20(12)17)13(14,15)16/h3-5H,6,17H2,1-2H3. The number of hydrogen-bond acceptors (Lipinski definition) is 6. The molecule has 0 saturated carbocycles. The highest BCUT2D eigenvalue weighted by Crippen LogP contribution is 2.31. The Morgan fingerprint density at radius 1 is 1.39 bits per heavy atom. The molecule has 2 rings (SSSR count). The lowest BCUT2D eigenvalue weighted by atomic mass is 10.1. The van der Waals surface area contributed by atoms with E-state index in [4.69, 9.17) is 10.6 Å². The summed E-state index contributed by atoms with van der Waals surface area (Å²) in [6.07, 6.45) is -4.67. The molecule has 0 unspecified atom stereocenters. The van der Waals surface area contributed by atoms with Crippen LogP contribution in [0.4, 0.5) is 13.2 Å². The molecule has 0 fully saturated rings. The van der Waals surface area contributed by atoms with Crippen LogP contribution >= 0.6 is 11.8 Å². The topological polar surface area (TPSA) is 83.0 Å². The minimum absolute atomic E-state index is 0.0902. The number of halogens is 3. The number of carbonyl (C=O) groups is 1. The Hall–Kier alpha value is -2.23. The van der Waals surface area contributed by atoms with Gasteiger partial charge in [0.2, 0.25) is 5.16 Å². The fourth-order valence-corrected chi connectivity index (χ4v) is 2.66. The van der Waals surface area contributed by atoms with E-state index in [2.05, 4.69) is 10.2 Å². The third-order valence-electron chi connectivity index (χ3n) is 2.96. The van der Waals surface area contributed by atoms with E-state index in [0.29, 0.717) is 21.6 Å². The van der Waals surface area contributed by atoms with Gasteiger partial charge in [-0.15, -0.1) is 10.2 Å². The van der Waals surface area contributed by atoms with E-state index < -0.39 is 12.0 Å². The van der Waals surface area contributed by atoms with Gasteiger partial charge in [0.1, 0.15) is 5.75 Å². The van der Waals surface area contributed by atoms with Crippen molar-refractivity contribution < 1.29 is 22.7 Å². The summed E-state index contributed by atoms with van der Waals surface area (Å²) in [4.78, 5) is 11.4. The van der Waals surface area contributed by atoms with Crippen molar-refractivity contribution in [2.24, 2.45) is 0 Å². The number of ether oxygens (including phenoxy) is 1. The van der Waals surface area contributed by atoms with Crippen molar-refractivity contribution >= 4 is 17.5 Å². The lowest BCUT2D eigenvalue weighted by molar-refractivity contribution is -0.146. The molecule has 124 valence electrons. The average molecular weight is 346 g/mol. The Bertz CT molecular complexity index is 730. The first kappa shape index (κ1) is 17.1. The van der Waals surface area contributed by atoms with E-state index in [1.54, 1.807) is 18.2 Å². The van der Waals surface area contributed by atoms with Crippen LogP contribution in [0.25, 0.3) is 0 Å². The molecule has 0 bridgehead atoms. The number of thioether (sulfide) groups is 1. The van der Waals surface area contributed by atoms with E-state index in [1.165, 1.54) is 14.0 Å². The van der Waals surface area contributed by atoms with Crippen LogP contribution in [0.1, 0.15) is 28.7 Å². The minimum Gasteiger partial charge on any atom is -0.496 e. The summed E-state index contributed by atoms with van der Waals surface area (Å²) in [5.74, 6) is 4.70. The number of nitrogen functional groups attached to an aromatic ring is 1. The van der Waals surface area contributed by atoms with Gasteiger partial charge in [0.25, 0.3) is 5.82 Å². The van der Waals surface area contributed by atoms with E-state index in [1.807, 2.05) is 0 Å². The molecular weight excluding hydrogens is 333 g/mol. The molecule has 0 aliphatic rings. The summed E-state index contributed by atoms with van der Waals surface area (Å²) in [5.41, 5.74) is 1.12. The smallest absolute Gasteiger partial charge is 0.453 e. The number of benzene rings is 1. The zero-order valence-corrected chi connectivity index (χ0v) is 13.0. The molecule has 6 nitrogen and oxygen atoms in total. The van der Waals surface area contributed by atoms with E-state index in [9.17, 15) is 18.0 Å². The number of hydrogen-bond donors (Lipinski definition) is 1. The van der Waals surface area contributed by atoms with Crippen LogP contribution in [0.3, 0.4) is 0 Å². The predicted molar refractivity (Wildman–Crippen MR) is 77.7 cm³/mol. The maximum Gasteiger partial charge on any atom is 0.453 e. The van der Waals surface area contributed by atoms with Crippen molar-refractivity contribution in [3.8, 4) is 5.75 Å². The number of carbonyl (C=O) groups excluding carboxylic acids is 1. The minimum atomic E-state index is -4.67. The van der Waals surface area contributed by atoms with Crippen LogP contribution in [0.2, 0.25) is 0 Å². The van der Waals surface area contributed by atoms with Crippen molar-refractivity contribution in [2.75, 3.05) is 13.0 Å². The summed E-state index contributed by atoms with van der Waals surface area (Å²) in [6, 6.07) is 4.86. The van der Waals surface area contributed by atoms with Crippen molar-refractivity contribution in [3.63, 3.8) is 0 Å². The predicted octanol–water partition coefficient (Wildman–Crippen LogP) is 2.51. The highest BCUT2D eigenvalue weighted by atomic mass is 32.2. The zero-order chi connectivity index (χ0) is 17.2. The van der Waals surface area contributed by atoms with Gasteiger partial charge in [-0.25, -0.2) is 4.68 Å². The maximum absolute atomic E-state index is 12.6. The molecule has 23 heavy (non-hydrogen) atoms. The fraction of sp³-hybridized carbons (Fsp3) is 0.308. The molecule has 0 atom stereocenters. The van der Waals surface area contributed by atoms with Gasteiger partial charge < -0.3 is 10.6 Å². The Morgan fingerprint density at radius 2 is 2.09 bits per heavy atom. The summed E-state index contributed by atoms with van der Waals surface area (Å²) >= 11 is 0.960. The van der Waals surface area contributed by atoms with Crippen LogP contribution in [0, 0.1) is 0 Å². The van der Waals surface area contributed by atoms with Crippen molar-refractivity contribution in [3.05, 3.63) is 35.2 Å².